The summed E-state index contributed by atoms with van der Waals surface area (Å²) in [5.41, 5.74) is 0.829. The van der Waals surface area contributed by atoms with Gasteiger partial charge in [0.1, 0.15) is 29.2 Å². The molecule has 12 heteroatoms. The van der Waals surface area contributed by atoms with Crippen molar-refractivity contribution in [3.8, 4) is 0 Å². The van der Waals surface area contributed by atoms with E-state index in [1.807, 2.05) is 13.8 Å². The van der Waals surface area contributed by atoms with Gasteiger partial charge in [0.25, 0.3) is 0 Å². The molecule has 9 nitrogen and oxygen atoms in total. The summed E-state index contributed by atoms with van der Waals surface area (Å²) in [4.78, 5) is 46.8. The van der Waals surface area contributed by atoms with E-state index in [-0.39, 0.29) is 42.4 Å². The molecular weight excluding hydrogens is 525 g/mol. The Labute approximate surface area is 222 Å². The minimum atomic E-state index is -1.81. The quantitative estimate of drug-likeness (QED) is 0.593. The van der Waals surface area contributed by atoms with Gasteiger partial charge in [0.2, 0.25) is 17.7 Å². The summed E-state index contributed by atoms with van der Waals surface area (Å²) in [6.45, 7) is 5.28. The van der Waals surface area contributed by atoms with Crippen LogP contribution >= 0.6 is 23.2 Å². The third-order valence-corrected chi connectivity index (χ3v) is 8.52. The molecule has 1 N–H and O–H groups in total. The fourth-order valence-corrected chi connectivity index (χ4v) is 6.57. The number of amides is 3. The van der Waals surface area contributed by atoms with Gasteiger partial charge in [0.05, 0.1) is 16.5 Å². The number of piperazine rings is 1. The van der Waals surface area contributed by atoms with Crippen LogP contribution in [0.1, 0.15) is 26.3 Å². The van der Waals surface area contributed by atoms with E-state index >= 15 is 0 Å². The Morgan fingerprint density at radius 2 is 1.83 bits per heavy atom. The van der Waals surface area contributed by atoms with Crippen LogP contribution in [0.15, 0.2) is 47.6 Å². The molecule has 2 saturated heterocycles. The molecule has 2 aliphatic rings. The highest BCUT2D eigenvalue weighted by Crippen LogP contribution is 2.33. The van der Waals surface area contributed by atoms with Crippen molar-refractivity contribution in [2.45, 2.75) is 56.4 Å². The molecule has 192 valence electrons. The van der Waals surface area contributed by atoms with Crippen molar-refractivity contribution in [3.05, 3.63) is 58.3 Å². The van der Waals surface area contributed by atoms with Crippen molar-refractivity contribution < 1.29 is 18.6 Å². The lowest BCUT2D eigenvalue weighted by Crippen LogP contribution is -2.76. The molecule has 0 radical (unpaired) electrons. The number of rotatable bonds is 6. The summed E-state index contributed by atoms with van der Waals surface area (Å²) in [6, 6.07) is 6.29. The molecule has 0 aliphatic carbocycles. The summed E-state index contributed by atoms with van der Waals surface area (Å²) in [5, 5.41) is 3.29. The van der Waals surface area contributed by atoms with E-state index in [9.17, 15) is 18.6 Å². The Hall–Kier alpha value is -2.53. The highest BCUT2D eigenvalue weighted by Gasteiger charge is 2.52. The van der Waals surface area contributed by atoms with Gasteiger partial charge >= 0.3 is 0 Å². The molecule has 0 bridgehead atoms. The van der Waals surface area contributed by atoms with Crippen LogP contribution in [0.4, 0.5) is 0 Å². The first-order valence-corrected chi connectivity index (χ1v) is 13.4. The van der Waals surface area contributed by atoms with Crippen molar-refractivity contribution in [2.75, 3.05) is 13.1 Å². The Bertz CT molecular complexity index is 1200. The van der Waals surface area contributed by atoms with Crippen LogP contribution < -0.4 is 5.32 Å². The predicted molar refractivity (Wildman–Crippen MR) is 136 cm³/mol. The van der Waals surface area contributed by atoms with Gasteiger partial charge in [0, 0.05) is 43.3 Å². The van der Waals surface area contributed by atoms with E-state index in [0.717, 1.165) is 5.56 Å². The molecular formula is C24H27Cl2N5O4S. The van der Waals surface area contributed by atoms with Gasteiger partial charge in [-0.05, 0) is 49.7 Å². The summed E-state index contributed by atoms with van der Waals surface area (Å²) in [5.74, 6) is -0.994. The number of benzene rings is 1. The van der Waals surface area contributed by atoms with Gasteiger partial charge in [-0.1, -0.05) is 23.2 Å². The zero-order chi connectivity index (χ0) is 26.1. The monoisotopic (exact) mass is 551 g/mol. The van der Waals surface area contributed by atoms with Gasteiger partial charge in [-0.15, -0.1) is 0 Å². The minimum absolute atomic E-state index is 0.00670. The Kier molecular flexibility index (Phi) is 7.99. The van der Waals surface area contributed by atoms with Crippen LogP contribution in [0, 0.1) is 0 Å². The van der Waals surface area contributed by atoms with Crippen LogP contribution in [0.25, 0.3) is 0 Å². The number of halogens is 2. The highest BCUT2D eigenvalue weighted by molar-refractivity contribution is 7.82. The molecule has 0 spiro atoms. The number of pyridine rings is 1. The van der Waals surface area contributed by atoms with Crippen LogP contribution in [0.2, 0.25) is 10.0 Å². The summed E-state index contributed by atoms with van der Waals surface area (Å²) in [6.07, 6.45) is 2.81. The maximum Gasteiger partial charge on any atom is 0.248 e. The second-order valence-corrected chi connectivity index (χ2v) is 11.3. The highest BCUT2D eigenvalue weighted by atomic mass is 35.5. The maximum atomic E-state index is 13.9. The zero-order valence-electron chi connectivity index (χ0n) is 20.1. The number of aromatic nitrogens is 1. The van der Waals surface area contributed by atoms with Crippen LogP contribution in [0.5, 0.6) is 0 Å². The smallest absolute Gasteiger partial charge is 0.248 e. The normalized spacial score (nSPS) is 23.6. The molecule has 4 rings (SSSR count). The number of fused-ring (bicyclic) bond motifs is 1. The molecule has 3 amide bonds. The van der Waals surface area contributed by atoms with Gasteiger partial charge < -0.3 is 15.1 Å². The molecule has 3 heterocycles. The van der Waals surface area contributed by atoms with Crippen molar-refractivity contribution in [2.24, 2.45) is 0 Å². The van der Waals surface area contributed by atoms with E-state index < -0.39 is 35.1 Å². The van der Waals surface area contributed by atoms with Gasteiger partial charge in [-0.3, -0.25) is 19.4 Å². The van der Waals surface area contributed by atoms with Gasteiger partial charge in [-0.25, -0.2) is 4.21 Å². The standard InChI is InChI=1S/C24H27Cl2N5O4S/c1-14(2)29-13-22-30(36(35)21-5-4-17(25)11-18(21)26)12-19(28-15(3)32)23(33)31(22)20(24(29)34)10-16-6-8-27-9-7-16/h4-9,11,14,19-20,22H,10,12-13H2,1-3H3,(H,28,32). The first-order chi connectivity index (χ1) is 17.1. The molecule has 0 saturated carbocycles. The SMILES string of the molecule is CC(=O)NC1CN(S(=O)c2ccc(Cl)cc2Cl)C2CN(C(C)C)C(=O)C(Cc3ccncc3)N2C1=O. The second-order valence-electron chi connectivity index (χ2n) is 9.06. The van der Waals surface area contributed by atoms with Crippen molar-refractivity contribution in [3.63, 3.8) is 0 Å². The van der Waals surface area contributed by atoms with E-state index in [1.165, 1.54) is 17.9 Å². The average molecular weight is 552 g/mol. The second kappa shape index (κ2) is 10.8. The Morgan fingerprint density at radius 1 is 1.14 bits per heavy atom. The molecule has 1 aromatic carbocycles. The van der Waals surface area contributed by atoms with E-state index in [2.05, 4.69) is 10.3 Å². The first-order valence-electron chi connectivity index (χ1n) is 11.5. The third kappa shape index (κ3) is 5.27. The molecule has 4 atom stereocenters. The van der Waals surface area contributed by atoms with Crippen LogP contribution in [-0.2, 0) is 31.8 Å². The molecule has 4 unspecified atom stereocenters. The summed E-state index contributed by atoms with van der Waals surface area (Å²) < 4.78 is 15.5. The fraction of sp³-hybridized carbons (Fsp3) is 0.417. The van der Waals surface area contributed by atoms with E-state index in [4.69, 9.17) is 23.2 Å². The lowest BCUT2D eigenvalue weighted by molar-refractivity contribution is -0.168. The lowest BCUT2D eigenvalue weighted by atomic mass is 9.97. The first kappa shape index (κ1) is 26.5. The number of carbonyl (C=O) groups is 3. The van der Waals surface area contributed by atoms with E-state index in [0.29, 0.717) is 9.92 Å². The number of nitrogens with one attached hydrogen (secondary N) is 1. The number of hydrogen-bond donors (Lipinski definition) is 1. The average Bonchev–Trinajstić information content (AvgIpc) is 2.82. The van der Waals surface area contributed by atoms with Crippen LogP contribution in [-0.4, -0.2) is 78.4 Å². The summed E-state index contributed by atoms with van der Waals surface area (Å²) in [7, 11) is -1.81. The number of carbonyl (C=O) groups excluding carboxylic acids is 3. The van der Waals surface area contributed by atoms with Crippen molar-refractivity contribution >= 4 is 51.9 Å². The lowest BCUT2D eigenvalue weighted by Gasteiger charge is -2.54. The molecule has 36 heavy (non-hydrogen) atoms. The van der Waals surface area contributed by atoms with Gasteiger partial charge in [-0.2, -0.15) is 4.31 Å². The van der Waals surface area contributed by atoms with E-state index in [1.54, 1.807) is 45.9 Å². The van der Waals surface area contributed by atoms with Crippen LogP contribution in [0.3, 0.4) is 0 Å². The topological polar surface area (TPSA) is 103 Å². The molecule has 1 aromatic heterocycles. The number of hydrogen-bond acceptors (Lipinski definition) is 5. The fourth-order valence-electron chi connectivity index (χ4n) is 4.63. The Balaban J connectivity index is 1.79. The summed E-state index contributed by atoms with van der Waals surface area (Å²) >= 11 is 12.4. The Morgan fingerprint density at radius 3 is 2.44 bits per heavy atom. The van der Waals surface area contributed by atoms with Gasteiger partial charge in [0.15, 0.2) is 0 Å². The largest absolute Gasteiger partial charge is 0.343 e. The van der Waals surface area contributed by atoms with Crippen molar-refractivity contribution in [1.29, 1.82) is 0 Å². The zero-order valence-corrected chi connectivity index (χ0v) is 22.4. The van der Waals surface area contributed by atoms with Crippen molar-refractivity contribution in [1.82, 2.24) is 24.4 Å². The molecule has 2 fully saturated rings. The molecule has 2 aromatic rings. The number of nitrogens with zero attached hydrogens (tertiary/aromatic N) is 4. The molecule has 2 aliphatic heterocycles. The third-order valence-electron chi connectivity index (χ3n) is 6.31. The maximum absolute atomic E-state index is 13.9. The predicted octanol–water partition coefficient (Wildman–Crippen LogP) is 2.25. The minimum Gasteiger partial charge on any atom is -0.343 e.